The fourth-order valence-corrected chi connectivity index (χ4v) is 1.83. The molecule has 0 saturated carbocycles. The second-order valence-corrected chi connectivity index (χ2v) is 3.95. The summed E-state index contributed by atoms with van der Waals surface area (Å²) in [5, 5.41) is 8.66. The largest absolute Gasteiger partial charge is 0.481 e. The number of carboxylic acid groups (broad SMARTS) is 1. The van der Waals surface area contributed by atoms with E-state index in [1.807, 2.05) is 6.07 Å². The molecule has 0 radical (unpaired) electrons. The van der Waals surface area contributed by atoms with E-state index in [4.69, 9.17) is 5.11 Å². The Kier molecular flexibility index (Phi) is 4.35. The molecule has 15 heavy (non-hydrogen) atoms. The normalized spacial score (nSPS) is 12.4. The third kappa shape index (κ3) is 3.74. The summed E-state index contributed by atoms with van der Waals surface area (Å²) in [7, 11) is 0. The lowest BCUT2D eigenvalue weighted by Gasteiger charge is -2.14. The van der Waals surface area contributed by atoms with Crippen LogP contribution < -0.4 is 0 Å². The molecule has 82 valence electrons. The van der Waals surface area contributed by atoms with Crippen molar-refractivity contribution in [1.29, 1.82) is 0 Å². The van der Waals surface area contributed by atoms with Crippen molar-refractivity contribution >= 4 is 5.97 Å². The topological polar surface area (TPSA) is 37.3 Å². The molecule has 1 atom stereocenters. The van der Waals surface area contributed by atoms with E-state index in [0.717, 1.165) is 12.8 Å². The zero-order chi connectivity index (χ0) is 11.3. The first kappa shape index (κ1) is 11.8. The van der Waals surface area contributed by atoms with Crippen LogP contribution in [0.4, 0.5) is 0 Å². The molecule has 0 aliphatic carbocycles. The van der Waals surface area contributed by atoms with Crippen LogP contribution >= 0.6 is 0 Å². The molecule has 0 aromatic heterocycles. The number of benzene rings is 1. The van der Waals surface area contributed by atoms with Crippen LogP contribution in [0, 0.1) is 6.92 Å². The average molecular weight is 206 g/mol. The van der Waals surface area contributed by atoms with Crippen molar-refractivity contribution < 1.29 is 9.90 Å². The van der Waals surface area contributed by atoms with Crippen molar-refractivity contribution in [3.8, 4) is 0 Å². The number of aliphatic carboxylic acids is 1. The Hall–Kier alpha value is -1.31. The number of carboxylic acids is 1. The Bertz CT molecular complexity index is 331. The lowest BCUT2D eigenvalue weighted by Crippen LogP contribution is -2.02. The van der Waals surface area contributed by atoms with Gasteiger partial charge in [0.15, 0.2) is 0 Å². The maximum Gasteiger partial charge on any atom is 0.303 e. The number of hydrogen-bond donors (Lipinski definition) is 1. The minimum atomic E-state index is -0.707. The smallest absolute Gasteiger partial charge is 0.303 e. The van der Waals surface area contributed by atoms with Gasteiger partial charge >= 0.3 is 5.97 Å². The highest BCUT2D eigenvalue weighted by molar-refractivity contribution is 5.66. The van der Waals surface area contributed by atoms with E-state index in [9.17, 15) is 4.79 Å². The zero-order valence-electron chi connectivity index (χ0n) is 9.36. The van der Waals surface area contributed by atoms with Crippen LogP contribution in [0.15, 0.2) is 24.3 Å². The molecule has 0 heterocycles. The van der Waals surface area contributed by atoms with Crippen LogP contribution in [0.2, 0.25) is 0 Å². The molecule has 1 aromatic carbocycles. The van der Waals surface area contributed by atoms with E-state index in [1.54, 1.807) is 0 Å². The molecule has 0 amide bonds. The Morgan fingerprint density at radius 1 is 1.47 bits per heavy atom. The van der Waals surface area contributed by atoms with Gasteiger partial charge in [0.05, 0.1) is 0 Å². The molecule has 1 rings (SSSR count). The molecule has 0 saturated heterocycles. The molecule has 1 N–H and O–H groups in total. The first-order valence-electron chi connectivity index (χ1n) is 5.41. The Morgan fingerprint density at radius 3 is 2.73 bits per heavy atom. The highest BCUT2D eigenvalue weighted by Gasteiger charge is 2.11. The van der Waals surface area contributed by atoms with Gasteiger partial charge in [0.25, 0.3) is 0 Å². The monoisotopic (exact) mass is 206 g/mol. The van der Waals surface area contributed by atoms with Crippen LogP contribution in [0.25, 0.3) is 0 Å². The van der Waals surface area contributed by atoms with Gasteiger partial charge in [0.1, 0.15) is 0 Å². The molecule has 0 spiro atoms. The summed E-state index contributed by atoms with van der Waals surface area (Å²) in [6.45, 7) is 4.17. The minimum Gasteiger partial charge on any atom is -0.481 e. The predicted molar refractivity (Wildman–Crippen MR) is 61.1 cm³/mol. The summed E-state index contributed by atoms with van der Waals surface area (Å²) in [6.07, 6.45) is 1.98. The van der Waals surface area contributed by atoms with Gasteiger partial charge in [-0.25, -0.2) is 0 Å². The standard InChI is InChI=1S/C13H18O2/c1-3-11(7-8-13(14)15)12-6-4-5-10(2)9-12/h4-6,9,11H,3,7-8H2,1-2H3,(H,14,15). The van der Waals surface area contributed by atoms with Gasteiger partial charge in [-0.1, -0.05) is 36.8 Å². The van der Waals surface area contributed by atoms with Gasteiger partial charge in [-0.2, -0.15) is 0 Å². The second kappa shape index (κ2) is 5.54. The minimum absolute atomic E-state index is 0.256. The quantitative estimate of drug-likeness (QED) is 0.802. The first-order chi connectivity index (χ1) is 7.13. The summed E-state index contributed by atoms with van der Waals surface area (Å²) < 4.78 is 0. The zero-order valence-corrected chi connectivity index (χ0v) is 9.36. The Morgan fingerprint density at radius 2 is 2.20 bits per heavy atom. The van der Waals surface area contributed by atoms with E-state index in [2.05, 4.69) is 32.0 Å². The fourth-order valence-electron chi connectivity index (χ4n) is 1.83. The summed E-state index contributed by atoms with van der Waals surface area (Å²) in [5.74, 6) is -0.331. The molecule has 0 fully saturated rings. The van der Waals surface area contributed by atoms with Gasteiger partial charge in [0, 0.05) is 6.42 Å². The van der Waals surface area contributed by atoms with E-state index < -0.39 is 5.97 Å². The molecule has 0 aliphatic rings. The molecule has 0 aliphatic heterocycles. The maximum atomic E-state index is 10.5. The summed E-state index contributed by atoms with van der Waals surface area (Å²) in [4.78, 5) is 10.5. The summed E-state index contributed by atoms with van der Waals surface area (Å²) >= 11 is 0. The summed E-state index contributed by atoms with van der Waals surface area (Å²) in [6, 6.07) is 8.33. The van der Waals surface area contributed by atoms with E-state index in [-0.39, 0.29) is 6.42 Å². The number of aryl methyl sites for hydroxylation is 1. The highest BCUT2D eigenvalue weighted by Crippen LogP contribution is 2.25. The van der Waals surface area contributed by atoms with Crippen LogP contribution in [0.1, 0.15) is 43.2 Å². The average Bonchev–Trinajstić information content (AvgIpc) is 2.18. The summed E-state index contributed by atoms with van der Waals surface area (Å²) in [5.41, 5.74) is 2.50. The molecule has 2 heteroatoms. The van der Waals surface area contributed by atoms with Gasteiger partial charge in [-0.05, 0) is 31.2 Å². The van der Waals surface area contributed by atoms with E-state index >= 15 is 0 Å². The molecule has 0 bridgehead atoms. The SMILES string of the molecule is CCC(CCC(=O)O)c1cccc(C)c1. The van der Waals surface area contributed by atoms with Crippen LogP contribution in [-0.2, 0) is 4.79 Å². The van der Waals surface area contributed by atoms with Gasteiger partial charge in [-0.3, -0.25) is 4.79 Å². The van der Waals surface area contributed by atoms with Gasteiger partial charge in [-0.15, -0.1) is 0 Å². The molecular weight excluding hydrogens is 188 g/mol. The molecule has 2 nitrogen and oxygen atoms in total. The first-order valence-corrected chi connectivity index (χ1v) is 5.41. The lowest BCUT2D eigenvalue weighted by molar-refractivity contribution is -0.137. The molecular formula is C13H18O2. The van der Waals surface area contributed by atoms with Crippen LogP contribution in [-0.4, -0.2) is 11.1 Å². The van der Waals surface area contributed by atoms with Crippen molar-refractivity contribution in [2.75, 3.05) is 0 Å². The third-order valence-electron chi connectivity index (χ3n) is 2.71. The van der Waals surface area contributed by atoms with Crippen molar-refractivity contribution in [3.63, 3.8) is 0 Å². The van der Waals surface area contributed by atoms with E-state index in [0.29, 0.717) is 5.92 Å². The Labute approximate surface area is 90.9 Å². The second-order valence-electron chi connectivity index (χ2n) is 3.95. The molecule has 1 aromatic rings. The van der Waals surface area contributed by atoms with Crippen LogP contribution in [0.3, 0.4) is 0 Å². The number of hydrogen-bond acceptors (Lipinski definition) is 1. The highest BCUT2D eigenvalue weighted by atomic mass is 16.4. The molecule has 1 unspecified atom stereocenters. The number of carbonyl (C=O) groups is 1. The maximum absolute atomic E-state index is 10.5. The van der Waals surface area contributed by atoms with Crippen LogP contribution in [0.5, 0.6) is 0 Å². The van der Waals surface area contributed by atoms with Crippen molar-refractivity contribution in [3.05, 3.63) is 35.4 Å². The third-order valence-corrected chi connectivity index (χ3v) is 2.71. The fraction of sp³-hybridized carbons (Fsp3) is 0.462. The van der Waals surface area contributed by atoms with Crippen molar-refractivity contribution in [2.45, 2.75) is 39.0 Å². The van der Waals surface area contributed by atoms with Crippen molar-refractivity contribution in [1.82, 2.24) is 0 Å². The number of rotatable bonds is 5. The van der Waals surface area contributed by atoms with E-state index in [1.165, 1.54) is 11.1 Å². The lowest BCUT2D eigenvalue weighted by atomic mass is 9.91. The predicted octanol–water partition coefficient (Wildman–Crippen LogP) is 3.35. The van der Waals surface area contributed by atoms with Gasteiger partial charge in [0.2, 0.25) is 0 Å². The Balaban J connectivity index is 2.69. The van der Waals surface area contributed by atoms with Crippen molar-refractivity contribution in [2.24, 2.45) is 0 Å². The van der Waals surface area contributed by atoms with Gasteiger partial charge < -0.3 is 5.11 Å².